The summed E-state index contributed by atoms with van der Waals surface area (Å²) in [5.74, 6) is 0.522. The van der Waals surface area contributed by atoms with Crippen LogP contribution in [0.15, 0.2) is 23.1 Å². The van der Waals surface area contributed by atoms with Crippen molar-refractivity contribution < 1.29 is 4.79 Å². The minimum Gasteiger partial charge on any atom is -0.354 e. The number of aryl methyl sites for hydroxylation is 1. The maximum atomic E-state index is 12.4. The van der Waals surface area contributed by atoms with Crippen molar-refractivity contribution in [1.29, 1.82) is 0 Å². The third-order valence-electron chi connectivity index (χ3n) is 5.27. The largest absolute Gasteiger partial charge is 0.354 e. The summed E-state index contributed by atoms with van der Waals surface area (Å²) in [4.78, 5) is 27.1. The number of fused-ring (bicyclic) bond motifs is 1. The van der Waals surface area contributed by atoms with Gasteiger partial charge < -0.3 is 10.2 Å². The topological polar surface area (TPSA) is 71.6 Å². The quantitative estimate of drug-likeness (QED) is 0.762. The highest BCUT2D eigenvalue weighted by molar-refractivity contribution is 5.75. The molecule has 1 aliphatic rings. The van der Waals surface area contributed by atoms with Gasteiger partial charge in [0, 0.05) is 25.3 Å². The maximum absolute atomic E-state index is 12.4. The first kappa shape index (κ1) is 18.6. The molecule has 142 valence electrons. The molecular weight excluding hydrogens is 330 g/mol. The first-order chi connectivity index (χ1) is 12.6. The van der Waals surface area contributed by atoms with Crippen LogP contribution in [0.25, 0.3) is 5.52 Å². The molecule has 3 rings (SSSR count). The molecule has 1 N–H and O–H groups in total. The molecule has 1 fully saturated rings. The van der Waals surface area contributed by atoms with Crippen LogP contribution in [0.1, 0.15) is 44.9 Å². The van der Waals surface area contributed by atoms with Crippen LogP contribution in [0.4, 0.5) is 0 Å². The average Bonchev–Trinajstić information content (AvgIpc) is 3.14. The molecule has 7 heteroatoms. The molecule has 0 aliphatic carbocycles. The Bertz CT molecular complexity index is 810. The summed E-state index contributed by atoms with van der Waals surface area (Å²) in [7, 11) is 0. The molecule has 0 radical (unpaired) electrons. The van der Waals surface area contributed by atoms with Crippen LogP contribution in [0, 0.1) is 6.92 Å². The van der Waals surface area contributed by atoms with Crippen molar-refractivity contribution in [3.8, 4) is 0 Å². The zero-order valence-electron chi connectivity index (χ0n) is 15.8. The number of aromatic nitrogens is 3. The second-order valence-corrected chi connectivity index (χ2v) is 7.07. The van der Waals surface area contributed by atoms with E-state index < -0.39 is 0 Å². The van der Waals surface area contributed by atoms with Crippen LogP contribution < -0.4 is 10.9 Å². The second-order valence-electron chi connectivity index (χ2n) is 7.07. The van der Waals surface area contributed by atoms with Gasteiger partial charge in [-0.05, 0) is 51.3 Å². The lowest BCUT2D eigenvalue weighted by Crippen LogP contribution is -2.41. The molecule has 7 nitrogen and oxygen atoms in total. The van der Waals surface area contributed by atoms with Crippen molar-refractivity contribution in [3.63, 3.8) is 0 Å². The lowest BCUT2D eigenvalue weighted by Gasteiger charge is -2.35. The molecule has 2 aromatic heterocycles. The molecule has 1 aliphatic heterocycles. The zero-order chi connectivity index (χ0) is 18.5. The Balaban J connectivity index is 1.49. The number of rotatable bonds is 7. The molecule has 2 aromatic rings. The molecule has 3 heterocycles. The van der Waals surface area contributed by atoms with E-state index in [-0.39, 0.29) is 18.0 Å². The third-order valence-corrected chi connectivity index (χ3v) is 5.27. The van der Waals surface area contributed by atoms with E-state index >= 15 is 0 Å². The summed E-state index contributed by atoms with van der Waals surface area (Å²) in [5, 5.41) is 7.15. The van der Waals surface area contributed by atoms with Gasteiger partial charge in [-0.15, -0.1) is 0 Å². The lowest BCUT2D eigenvalue weighted by atomic mass is 10.00. The summed E-state index contributed by atoms with van der Waals surface area (Å²) in [6.45, 7) is 6.85. The summed E-state index contributed by atoms with van der Waals surface area (Å²) in [6, 6.07) is 4.24. The normalized spacial score (nSPS) is 18.3. The van der Waals surface area contributed by atoms with Crippen molar-refractivity contribution in [3.05, 3.63) is 34.5 Å². The second kappa shape index (κ2) is 8.49. The summed E-state index contributed by atoms with van der Waals surface area (Å²) >= 11 is 0. The molecule has 26 heavy (non-hydrogen) atoms. The van der Waals surface area contributed by atoms with Crippen molar-refractivity contribution in [2.24, 2.45) is 0 Å². The van der Waals surface area contributed by atoms with E-state index in [1.807, 2.05) is 6.92 Å². The molecular formula is C19H29N5O2. The Morgan fingerprint density at radius 2 is 2.23 bits per heavy atom. The van der Waals surface area contributed by atoms with E-state index in [9.17, 15) is 9.59 Å². The molecule has 0 bridgehead atoms. The van der Waals surface area contributed by atoms with Gasteiger partial charge in [0.15, 0.2) is 0 Å². The van der Waals surface area contributed by atoms with Gasteiger partial charge in [-0.2, -0.15) is 5.10 Å². The predicted molar refractivity (Wildman–Crippen MR) is 101 cm³/mol. The predicted octanol–water partition coefficient (Wildman–Crippen LogP) is 1.58. The van der Waals surface area contributed by atoms with Gasteiger partial charge in [0.2, 0.25) is 5.91 Å². The van der Waals surface area contributed by atoms with Crippen LogP contribution in [-0.2, 0) is 11.3 Å². The van der Waals surface area contributed by atoms with Gasteiger partial charge in [0.1, 0.15) is 17.9 Å². The number of hydrogen-bond acceptors (Lipinski definition) is 4. The molecule has 1 saturated heterocycles. The fourth-order valence-corrected chi connectivity index (χ4v) is 3.86. The van der Waals surface area contributed by atoms with E-state index in [2.05, 4.69) is 22.2 Å². The Morgan fingerprint density at radius 3 is 3.04 bits per heavy atom. The van der Waals surface area contributed by atoms with Crippen molar-refractivity contribution in [1.82, 2.24) is 24.4 Å². The number of nitrogens with zero attached hydrogens (tertiary/aromatic N) is 4. The Hall–Kier alpha value is -2.15. The molecule has 0 spiro atoms. The average molecular weight is 359 g/mol. The van der Waals surface area contributed by atoms with Gasteiger partial charge in [0.05, 0.1) is 0 Å². The summed E-state index contributed by atoms with van der Waals surface area (Å²) in [6.07, 6.45) is 7.83. The molecule has 1 atom stereocenters. The van der Waals surface area contributed by atoms with Gasteiger partial charge in [-0.25, -0.2) is 4.68 Å². The van der Waals surface area contributed by atoms with E-state index in [1.165, 1.54) is 36.9 Å². The summed E-state index contributed by atoms with van der Waals surface area (Å²) < 4.78 is 2.98. The highest BCUT2D eigenvalue weighted by Crippen LogP contribution is 2.19. The minimum absolute atomic E-state index is 0.0390. The minimum atomic E-state index is -0.241. The monoisotopic (exact) mass is 359 g/mol. The fourth-order valence-electron chi connectivity index (χ4n) is 3.86. The molecule has 0 unspecified atom stereocenters. The first-order valence-corrected chi connectivity index (χ1v) is 9.65. The van der Waals surface area contributed by atoms with E-state index in [1.54, 1.807) is 22.7 Å². The van der Waals surface area contributed by atoms with Gasteiger partial charge in [-0.3, -0.25) is 14.0 Å². The number of hydrogen-bond donors (Lipinski definition) is 1. The SMILES string of the molecule is CC[C@@H]1CCCCN1CCCNC(=O)Cn1nc(C)n2cccc2c1=O. The number of nitrogens with one attached hydrogen (secondary N) is 1. The van der Waals surface area contributed by atoms with Crippen molar-refractivity contribution in [2.75, 3.05) is 19.6 Å². The fraction of sp³-hybridized carbons (Fsp3) is 0.632. The van der Waals surface area contributed by atoms with Crippen LogP contribution >= 0.6 is 0 Å². The van der Waals surface area contributed by atoms with Crippen LogP contribution in [-0.4, -0.2) is 50.7 Å². The highest BCUT2D eigenvalue weighted by Gasteiger charge is 2.19. The summed E-state index contributed by atoms with van der Waals surface area (Å²) in [5.41, 5.74) is 0.302. The number of carbonyl (C=O) groups excluding carboxylic acids is 1. The van der Waals surface area contributed by atoms with E-state index in [4.69, 9.17) is 0 Å². The Morgan fingerprint density at radius 1 is 1.38 bits per heavy atom. The zero-order valence-corrected chi connectivity index (χ0v) is 15.8. The Labute approximate surface area is 154 Å². The van der Waals surface area contributed by atoms with Crippen molar-refractivity contribution >= 4 is 11.4 Å². The van der Waals surface area contributed by atoms with Gasteiger partial charge in [0.25, 0.3) is 5.56 Å². The van der Waals surface area contributed by atoms with Gasteiger partial charge >= 0.3 is 0 Å². The van der Waals surface area contributed by atoms with Crippen LogP contribution in [0.2, 0.25) is 0 Å². The lowest BCUT2D eigenvalue weighted by molar-refractivity contribution is -0.121. The highest BCUT2D eigenvalue weighted by atomic mass is 16.2. The van der Waals surface area contributed by atoms with Crippen LogP contribution in [0.5, 0.6) is 0 Å². The van der Waals surface area contributed by atoms with E-state index in [0.29, 0.717) is 23.9 Å². The molecule has 1 amide bonds. The standard InChI is InChI=1S/C19H29N5O2/c1-3-16-8-4-5-11-22(16)12-7-10-20-18(25)14-24-19(26)17-9-6-13-23(17)15(2)21-24/h6,9,13,16H,3-5,7-8,10-12,14H2,1-2H3,(H,20,25)/t16-/m1/s1. The molecule has 0 saturated carbocycles. The van der Waals surface area contributed by atoms with Crippen molar-refractivity contribution in [2.45, 2.75) is 58.5 Å². The maximum Gasteiger partial charge on any atom is 0.291 e. The van der Waals surface area contributed by atoms with Crippen LogP contribution in [0.3, 0.4) is 0 Å². The van der Waals surface area contributed by atoms with Gasteiger partial charge in [-0.1, -0.05) is 13.3 Å². The smallest absolute Gasteiger partial charge is 0.291 e. The number of likely N-dealkylation sites (tertiary alicyclic amines) is 1. The van der Waals surface area contributed by atoms with E-state index in [0.717, 1.165) is 13.0 Å². The molecule has 0 aromatic carbocycles. The first-order valence-electron chi connectivity index (χ1n) is 9.65. The Kier molecular flexibility index (Phi) is 6.08. The third kappa shape index (κ3) is 4.15. The number of carbonyl (C=O) groups is 1. The number of amides is 1. The number of piperidine rings is 1.